The Balaban J connectivity index is 1.76. The van der Waals surface area contributed by atoms with Gasteiger partial charge in [-0.15, -0.1) is 22.7 Å². The van der Waals surface area contributed by atoms with Crippen LogP contribution in [0, 0.1) is 13.8 Å². The summed E-state index contributed by atoms with van der Waals surface area (Å²) in [4.78, 5) is 12.9. The van der Waals surface area contributed by atoms with Crippen LogP contribution in [0.25, 0.3) is 0 Å². The number of aryl methyl sites for hydroxylation is 3. The van der Waals surface area contributed by atoms with E-state index in [9.17, 15) is 0 Å². The number of hydrogen-bond donors (Lipinski definition) is 2. The predicted octanol–water partition coefficient (Wildman–Crippen LogP) is 3.29. The molecule has 2 heterocycles. The van der Waals surface area contributed by atoms with E-state index in [1.54, 1.807) is 11.3 Å². The van der Waals surface area contributed by atoms with E-state index in [1.807, 2.05) is 18.4 Å². The molecule has 0 aliphatic carbocycles. The molecule has 0 fully saturated rings. The molecule has 0 saturated heterocycles. The van der Waals surface area contributed by atoms with Crippen LogP contribution in [0.15, 0.2) is 17.1 Å². The van der Waals surface area contributed by atoms with Gasteiger partial charge in [0, 0.05) is 34.6 Å². The van der Waals surface area contributed by atoms with Gasteiger partial charge in [-0.25, -0.2) is 4.98 Å². The van der Waals surface area contributed by atoms with E-state index in [0.29, 0.717) is 0 Å². The van der Waals surface area contributed by atoms with E-state index in [2.05, 4.69) is 53.5 Å². The Morgan fingerprint density at radius 2 is 1.95 bits per heavy atom. The first-order valence-corrected chi connectivity index (χ1v) is 9.20. The zero-order chi connectivity index (χ0) is 15.9. The van der Waals surface area contributed by atoms with E-state index in [0.717, 1.165) is 42.6 Å². The van der Waals surface area contributed by atoms with Crippen LogP contribution in [0.3, 0.4) is 0 Å². The van der Waals surface area contributed by atoms with Gasteiger partial charge >= 0.3 is 0 Å². The third-order valence-electron chi connectivity index (χ3n) is 3.36. The van der Waals surface area contributed by atoms with Gasteiger partial charge in [-0.3, -0.25) is 4.99 Å². The zero-order valence-corrected chi connectivity index (χ0v) is 15.3. The minimum atomic E-state index is 0.822. The van der Waals surface area contributed by atoms with Crippen molar-refractivity contribution in [1.82, 2.24) is 15.6 Å². The van der Waals surface area contributed by atoms with Crippen molar-refractivity contribution >= 4 is 28.6 Å². The molecule has 2 aromatic heterocycles. The number of aromatic nitrogens is 1. The average molecular weight is 337 g/mol. The molecule has 2 N–H and O–H groups in total. The van der Waals surface area contributed by atoms with E-state index in [4.69, 9.17) is 0 Å². The number of rotatable bonds is 6. The van der Waals surface area contributed by atoms with Crippen LogP contribution in [-0.4, -0.2) is 24.5 Å². The highest BCUT2D eigenvalue weighted by Crippen LogP contribution is 2.17. The summed E-state index contributed by atoms with van der Waals surface area (Å²) < 4.78 is 0. The number of aliphatic imine (C=N–C) groups is 1. The summed E-state index contributed by atoms with van der Waals surface area (Å²) in [6.07, 6.45) is 2.09. The maximum Gasteiger partial charge on any atom is 0.191 e. The Morgan fingerprint density at radius 1 is 1.18 bits per heavy atom. The van der Waals surface area contributed by atoms with Gasteiger partial charge in [-0.05, 0) is 32.4 Å². The highest BCUT2D eigenvalue weighted by atomic mass is 32.1. The lowest BCUT2D eigenvalue weighted by molar-refractivity contribution is 0.801. The maximum absolute atomic E-state index is 4.46. The Bertz CT molecular complexity index is 628. The maximum atomic E-state index is 4.46. The number of thiazole rings is 1. The summed E-state index contributed by atoms with van der Waals surface area (Å²) in [7, 11) is 1.81. The molecule has 0 aliphatic rings. The van der Waals surface area contributed by atoms with Crippen molar-refractivity contribution in [2.45, 2.75) is 40.2 Å². The van der Waals surface area contributed by atoms with Crippen LogP contribution in [-0.2, 0) is 19.4 Å². The van der Waals surface area contributed by atoms with Gasteiger partial charge in [0.1, 0.15) is 0 Å². The molecule has 22 heavy (non-hydrogen) atoms. The second-order valence-electron chi connectivity index (χ2n) is 5.07. The smallest absolute Gasteiger partial charge is 0.191 e. The normalized spacial score (nSPS) is 11.7. The van der Waals surface area contributed by atoms with Crippen LogP contribution in [0.1, 0.15) is 32.3 Å². The standard InChI is InChI=1S/C16H24N4S2/c1-5-13-6-7-14(22-13)10-19-16(17-4)18-9-8-15-11(2)20-12(3)21-15/h6-7H,5,8-10H2,1-4H3,(H2,17,18,19). The summed E-state index contributed by atoms with van der Waals surface area (Å²) in [5.74, 6) is 0.852. The summed E-state index contributed by atoms with van der Waals surface area (Å²) >= 11 is 3.64. The number of nitrogens with zero attached hydrogens (tertiary/aromatic N) is 2. The molecule has 0 spiro atoms. The fraction of sp³-hybridized carbons (Fsp3) is 0.500. The predicted molar refractivity (Wildman–Crippen MR) is 97.2 cm³/mol. The molecule has 4 nitrogen and oxygen atoms in total. The van der Waals surface area contributed by atoms with Crippen molar-refractivity contribution in [1.29, 1.82) is 0 Å². The van der Waals surface area contributed by atoms with Crippen LogP contribution >= 0.6 is 22.7 Å². The summed E-state index contributed by atoms with van der Waals surface area (Å²) in [5.41, 5.74) is 1.15. The van der Waals surface area contributed by atoms with E-state index in [1.165, 1.54) is 14.6 Å². The molecule has 0 bridgehead atoms. The third-order valence-corrected chi connectivity index (χ3v) is 5.73. The minimum absolute atomic E-state index is 0.822. The average Bonchev–Trinajstić information content (AvgIpc) is 3.09. The van der Waals surface area contributed by atoms with Crippen molar-refractivity contribution in [3.05, 3.63) is 37.5 Å². The first-order chi connectivity index (χ1) is 10.6. The van der Waals surface area contributed by atoms with E-state index >= 15 is 0 Å². The lowest BCUT2D eigenvalue weighted by atomic mass is 10.3. The Morgan fingerprint density at radius 3 is 2.55 bits per heavy atom. The number of guanidine groups is 1. The molecule has 120 valence electrons. The van der Waals surface area contributed by atoms with Crippen molar-refractivity contribution in [3.8, 4) is 0 Å². The first kappa shape index (κ1) is 17.0. The van der Waals surface area contributed by atoms with E-state index < -0.39 is 0 Å². The van der Waals surface area contributed by atoms with Crippen molar-refractivity contribution in [2.75, 3.05) is 13.6 Å². The Labute approximate surface area is 140 Å². The van der Waals surface area contributed by atoms with Crippen molar-refractivity contribution in [2.24, 2.45) is 4.99 Å². The zero-order valence-electron chi connectivity index (χ0n) is 13.7. The number of hydrogen-bond acceptors (Lipinski definition) is 4. The highest BCUT2D eigenvalue weighted by molar-refractivity contribution is 7.12. The highest BCUT2D eigenvalue weighted by Gasteiger charge is 2.05. The summed E-state index contributed by atoms with van der Waals surface area (Å²) in [5, 5.41) is 7.87. The van der Waals surface area contributed by atoms with Crippen LogP contribution in [0.5, 0.6) is 0 Å². The minimum Gasteiger partial charge on any atom is -0.356 e. The third kappa shape index (κ3) is 4.81. The monoisotopic (exact) mass is 336 g/mol. The fourth-order valence-electron chi connectivity index (χ4n) is 2.20. The molecule has 0 aromatic carbocycles. The molecule has 0 saturated carbocycles. The van der Waals surface area contributed by atoms with Crippen LogP contribution in [0.4, 0.5) is 0 Å². The molecule has 0 unspecified atom stereocenters. The largest absolute Gasteiger partial charge is 0.356 e. The van der Waals surface area contributed by atoms with Crippen LogP contribution < -0.4 is 10.6 Å². The SMILES string of the molecule is CCc1ccc(CNC(=NC)NCCc2sc(C)nc2C)s1. The van der Waals surface area contributed by atoms with Gasteiger partial charge in [0.05, 0.1) is 17.2 Å². The van der Waals surface area contributed by atoms with Gasteiger partial charge in [-0.1, -0.05) is 6.92 Å². The van der Waals surface area contributed by atoms with Crippen molar-refractivity contribution < 1.29 is 0 Å². The fourth-order valence-corrected chi connectivity index (χ4v) is 4.03. The molecule has 2 rings (SSSR count). The summed E-state index contributed by atoms with van der Waals surface area (Å²) in [6.45, 7) is 8.01. The lowest BCUT2D eigenvalue weighted by Crippen LogP contribution is -2.37. The van der Waals surface area contributed by atoms with Gasteiger partial charge in [0.2, 0.25) is 0 Å². The van der Waals surface area contributed by atoms with Gasteiger partial charge in [0.15, 0.2) is 5.96 Å². The van der Waals surface area contributed by atoms with Gasteiger partial charge in [0.25, 0.3) is 0 Å². The first-order valence-electron chi connectivity index (χ1n) is 7.57. The number of nitrogens with one attached hydrogen (secondary N) is 2. The lowest BCUT2D eigenvalue weighted by Gasteiger charge is -2.10. The number of thiophene rings is 1. The Kier molecular flexibility index (Phi) is 6.39. The molecule has 0 aliphatic heterocycles. The molecule has 0 radical (unpaired) electrons. The van der Waals surface area contributed by atoms with Crippen molar-refractivity contribution in [3.63, 3.8) is 0 Å². The second kappa shape index (κ2) is 8.29. The topological polar surface area (TPSA) is 49.3 Å². The van der Waals surface area contributed by atoms with Gasteiger partial charge < -0.3 is 10.6 Å². The molecule has 2 aromatic rings. The van der Waals surface area contributed by atoms with Crippen LogP contribution in [0.2, 0.25) is 0 Å². The Hall–Kier alpha value is -1.40. The van der Waals surface area contributed by atoms with Gasteiger partial charge in [-0.2, -0.15) is 0 Å². The second-order valence-corrected chi connectivity index (χ2v) is 7.61. The molecular formula is C16H24N4S2. The summed E-state index contributed by atoms with van der Waals surface area (Å²) in [6, 6.07) is 4.39. The molecule has 0 amide bonds. The quantitative estimate of drug-likeness (QED) is 0.629. The molecular weight excluding hydrogens is 312 g/mol. The molecule has 6 heteroatoms. The molecule has 0 atom stereocenters. The van der Waals surface area contributed by atoms with E-state index in [-0.39, 0.29) is 0 Å².